The van der Waals surface area contributed by atoms with E-state index in [1.165, 1.54) is 4.31 Å². The summed E-state index contributed by atoms with van der Waals surface area (Å²) in [6.45, 7) is 4.77. The van der Waals surface area contributed by atoms with E-state index in [4.69, 9.17) is 5.26 Å². The predicted molar refractivity (Wildman–Crippen MR) is 97.3 cm³/mol. The number of hydrogen-bond donors (Lipinski definition) is 0. The average Bonchev–Trinajstić information content (AvgIpc) is 3.08. The Morgan fingerprint density at radius 1 is 1.44 bits per heavy atom. The third-order valence-electron chi connectivity index (χ3n) is 4.62. The van der Waals surface area contributed by atoms with Gasteiger partial charge in [0, 0.05) is 35.9 Å². The first kappa shape index (κ1) is 17.5. The SMILES string of the molecule is C/C=C\c1c(C)ncc2nccc(C3CCN(S(=O)(=O)CC#N)C3)c12. The number of aromatic nitrogens is 2. The minimum Gasteiger partial charge on any atom is -0.259 e. The molecule has 7 heteroatoms. The van der Waals surface area contributed by atoms with Gasteiger partial charge in [0.15, 0.2) is 5.75 Å². The molecule has 0 N–H and O–H groups in total. The molecule has 1 aliphatic rings. The maximum absolute atomic E-state index is 12.2. The maximum atomic E-state index is 12.2. The van der Waals surface area contributed by atoms with E-state index in [0.717, 1.165) is 34.1 Å². The predicted octanol–water partition coefficient (Wildman–Crippen LogP) is 2.61. The monoisotopic (exact) mass is 356 g/mol. The lowest BCUT2D eigenvalue weighted by atomic mass is 9.92. The summed E-state index contributed by atoms with van der Waals surface area (Å²) in [4.78, 5) is 8.84. The zero-order chi connectivity index (χ0) is 18.0. The van der Waals surface area contributed by atoms with E-state index in [9.17, 15) is 8.42 Å². The molecule has 0 radical (unpaired) electrons. The van der Waals surface area contributed by atoms with Gasteiger partial charge in [-0.2, -0.15) is 5.26 Å². The summed E-state index contributed by atoms with van der Waals surface area (Å²) in [5.41, 5.74) is 3.86. The Bertz CT molecular complexity index is 976. The standard InChI is InChI=1S/C18H20N4O2S/c1-3-4-15-13(2)21-11-17-18(15)16(5-8-20-17)14-6-9-22(12-14)25(23,24)10-7-19/h3-5,8,11,14H,6,9-10,12H2,1-2H3/b4-3-. The molecule has 0 amide bonds. The Labute approximate surface area is 147 Å². The van der Waals surface area contributed by atoms with Crippen LogP contribution >= 0.6 is 0 Å². The van der Waals surface area contributed by atoms with Crippen LogP contribution in [0.15, 0.2) is 24.5 Å². The molecule has 2 aromatic rings. The highest BCUT2D eigenvalue weighted by Gasteiger charge is 2.33. The van der Waals surface area contributed by atoms with Crippen molar-refractivity contribution < 1.29 is 8.42 Å². The normalized spacial score (nSPS) is 18.8. The molecule has 0 aliphatic carbocycles. The molecular formula is C18H20N4O2S. The van der Waals surface area contributed by atoms with Gasteiger partial charge in [0.05, 0.1) is 17.8 Å². The Hall–Kier alpha value is -2.30. The molecule has 3 rings (SSSR count). The number of sulfonamides is 1. The van der Waals surface area contributed by atoms with Gasteiger partial charge in [-0.05, 0) is 37.8 Å². The van der Waals surface area contributed by atoms with Crippen molar-refractivity contribution in [3.63, 3.8) is 0 Å². The van der Waals surface area contributed by atoms with Crippen LogP contribution < -0.4 is 0 Å². The van der Waals surface area contributed by atoms with Crippen LogP contribution in [0.2, 0.25) is 0 Å². The van der Waals surface area contributed by atoms with Crippen molar-refractivity contribution >= 4 is 27.0 Å². The maximum Gasteiger partial charge on any atom is 0.227 e. The minimum absolute atomic E-state index is 0.0878. The van der Waals surface area contributed by atoms with E-state index < -0.39 is 15.8 Å². The fourth-order valence-corrected chi connectivity index (χ4v) is 4.55. The topological polar surface area (TPSA) is 87.0 Å². The van der Waals surface area contributed by atoms with Crippen LogP contribution in [-0.4, -0.2) is 41.5 Å². The van der Waals surface area contributed by atoms with Crippen LogP contribution in [0.25, 0.3) is 17.0 Å². The van der Waals surface area contributed by atoms with Crippen molar-refractivity contribution in [2.24, 2.45) is 0 Å². The molecule has 1 fully saturated rings. The van der Waals surface area contributed by atoms with Crippen molar-refractivity contribution in [1.82, 2.24) is 14.3 Å². The first-order chi connectivity index (χ1) is 12.0. The van der Waals surface area contributed by atoms with Crippen molar-refractivity contribution in [2.45, 2.75) is 26.2 Å². The molecule has 1 atom stereocenters. The van der Waals surface area contributed by atoms with Gasteiger partial charge < -0.3 is 0 Å². The number of allylic oxidation sites excluding steroid dienone is 1. The summed E-state index contributed by atoms with van der Waals surface area (Å²) in [5, 5.41) is 9.77. The van der Waals surface area contributed by atoms with Gasteiger partial charge in [-0.3, -0.25) is 9.97 Å². The largest absolute Gasteiger partial charge is 0.259 e. The second-order valence-corrected chi connectivity index (χ2v) is 8.14. The molecule has 6 nitrogen and oxygen atoms in total. The number of rotatable bonds is 4. The Balaban J connectivity index is 2.06. The second-order valence-electron chi connectivity index (χ2n) is 6.18. The van der Waals surface area contributed by atoms with Gasteiger partial charge in [-0.1, -0.05) is 12.2 Å². The van der Waals surface area contributed by atoms with Gasteiger partial charge in [0.25, 0.3) is 0 Å². The number of fused-ring (bicyclic) bond motifs is 1. The van der Waals surface area contributed by atoms with E-state index in [0.29, 0.717) is 13.1 Å². The average molecular weight is 356 g/mol. The van der Waals surface area contributed by atoms with Crippen LogP contribution in [0.5, 0.6) is 0 Å². The van der Waals surface area contributed by atoms with Gasteiger partial charge in [0.1, 0.15) is 0 Å². The van der Waals surface area contributed by atoms with Crippen molar-refractivity contribution in [1.29, 1.82) is 5.26 Å². The zero-order valence-electron chi connectivity index (χ0n) is 14.3. The highest BCUT2D eigenvalue weighted by atomic mass is 32.2. The van der Waals surface area contributed by atoms with Crippen LogP contribution in [0, 0.1) is 18.3 Å². The molecule has 1 unspecified atom stereocenters. The first-order valence-electron chi connectivity index (χ1n) is 8.19. The molecule has 3 heterocycles. The van der Waals surface area contributed by atoms with Crippen molar-refractivity contribution in [3.8, 4) is 6.07 Å². The quantitative estimate of drug-likeness (QED) is 0.840. The minimum atomic E-state index is -3.50. The van der Waals surface area contributed by atoms with Gasteiger partial charge in [0.2, 0.25) is 10.0 Å². The molecule has 1 saturated heterocycles. The Morgan fingerprint density at radius 3 is 2.96 bits per heavy atom. The fraction of sp³-hybridized carbons (Fsp3) is 0.389. The summed E-state index contributed by atoms with van der Waals surface area (Å²) >= 11 is 0. The number of aryl methyl sites for hydroxylation is 1. The van der Waals surface area contributed by atoms with Crippen LogP contribution in [0.4, 0.5) is 0 Å². The van der Waals surface area contributed by atoms with Crippen molar-refractivity contribution in [2.75, 3.05) is 18.8 Å². The molecule has 25 heavy (non-hydrogen) atoms. The third kappa shape index (κ3) is 3.28. The lowest BCUT2D eigenvalue weighted by Gasteiger charge is -2.17. The molecule has 1 aliphatic heterocycles. The molecule has 130 valence electrons. The summed E-state index contributed by atoms with van der Waals surface area (Å²) < 4.78 is 25.8. The van der Waals surface area contributed by atoms with Crippen LogP contribution in [0.3, 0.4) is 0 Å². The highest BCUT2D eigenvalue weighted by Crippen LogP contribution is 2.35. The molecular weight excluding hydrogens is 336 g/mol. The zero-order valence-corrected chi connectivity index (χ0v) is 15.1. The molecule has 0 saturated carbocycles. The summed E-state index contributed by atoms with van der Waals surface area (Å²) in [5.74, 6) is -0.381. The van der Waals surface area contributed by atoms with E-state index in [1.807, 2.05) is 32.1 Å². The van der Waals surface area contributed by atoms with Crippen molar-refractivity contribution in [3.05, 3.63) is 41.4 Å². The third-order valence-corrected chi connectivity index (χ3v) is 6.23. The number of hydrogen-bond acceptors (Lipinski definition) is 5. The van der Waals surface area contributed by atoms with Crippen LogP contribution in [0.1, 0.15) is 36.1 Å². The number of pyridine rings is 2. The Morgan fingerprint density at radius 2 is 2.24 bits per heavy atom. The lowest BCUT2D eigenvalue weighted by Crippen LogP contribution is -2.30. The summed E-state index contributed by atoms with van der Waals surface area (Å²) in [6.07, 6.45) is 8.24. The Kier molecular flexibility index (Phi) is 4.84. The summed E-state index contributed by atoms with van der Waals surface area (Å²) in [7, 11) is -3.50. The van der Waals surface area contributed by atoms with Gasteiger partial charge in [-0.15, -0.1) is 0 Å². The lowest BCUT2D eigenvalue weighted by molar-refractivity contribution is 0.476. The van der Waals surface area contributed by atoms with Gasteiger partial charge in [-0.25, -0.2) is 12.7 Å². The van der Waals surface area contributed by atoms with E-state index in [2.05, 4.69) is 9.97 Å². The smallest absolute Gasteiger partial charge is 0.227 e. The molecule has 0 spiro atoms. The van der Waals surface area contributed by atoms with E-state index in [-0.39, 0.29) is 5.92 Å². The number of nitriles is 1. The van der Waals surface area contributed by atoms with E-state index in [1.54, 1.807) is 18.5 Å². The molecule has 0 bridgehead atoms. The van der Waals surface area contributed by atoms with E-state index >= 15 is 0 Å². The first-order valence-corrected chi connectivity index (χ1v) is 9.80. The number of nitrogens with zero attached hydrogens (tertiary/aromatic N) is 4. The molecule has 2 aromatic heterocycles. The highest BCUT2D eigenvalue weighted by molar-refractivity contribution is 7.89. The van der Waals surface area contributed by atoms with Gasteiger partial charge >= 0.3 is 0 Å². The van der Waals surface area contributed by atoms with Crippen LogP contribution in [-0.2, 0) is 10.0 Å². The summed E-state index contributed by atoms with van der Waals surface area (Å²) in [6, 6.07) is 3.72. The molecule has 0 aromatic carbocycles. The fourth-order valence-electron chi connectivity index (χ4n) is 3.41. The second kappa shape index (κ2) is 6.90.